The maximum atomic E-state index is 13.0. The summed E-state index contributed by atoms with van der Waals surface area (Å²) in [5.74, 6) is 1.39. The molecule has 0 spiro atoms. The molecule has 0 saturated heterocycles. The Bertz CT molecular complexity index is 1350. The first-order valence-electron chi connectivity index (χ1n) is 10.0. The van der Waals surface area contributed by atoms with Crippen LogP contribution in [0.15, 0.2) is 62.9 Å². The standard InChI is InChI=1S/C24H23BrN4O2/c1-5-31-21-9-7-20(8-10-21)28-15(2)12-18(16(28)3)14-26-29-17(4)27-23-11-6-19(25)13-22(23)24(29)30/h6-14H,5H2,1-4H3. The van der Waals surface area contributed by atoms with Crippen LogP contribution < -0.4 is 10.3 Å². The number of benzene rings is 2. The molecule has 0 aliphatic heterocycles. The minimum Gasteiger partial charge on any atom is -0.494 e. The van der Waals surface area contributed by atoms with Gasteiger partial charge in [0.2, 0.25) is 0 Å². The summed E-state index contributed by atoms with van der Waals surface area (Å²) < 4.78 is 9.87. The number of rotatable bonds is 5. The Morgan fingerprint density at radius 3 is 2.55 bits per heavy atom. The van der Waals surface area contributed by atoms with Crippen LogP contribution in [-0.4, -0.2) is 27.0 Å². The van der Waals surface area contributed by atoms with Gasteiger partial charge in [0, 0.05) is 27.1 Å². The van der Waals surface area contributed by atoms with Crippen molar-refractivity contribution in [1.82, 2.24) is 14.2 Å². The van der Waals surface area contributed by atoms with Crippen molar-refractivity contribution >= 4 is 33.0 Å². The van der Waals surface area contributed by atoms with E-state index in [1.54, 1.807) is 19.2 Å². The van der Waals surface area contributed by atoms with Crippen molar-refractivity contribution in [1.29, 1.82) is 0 Å². The van der Waals surface area contributed by atoms with Gasteiger partial charge in [-0.15, -0.1) is 0 Å². The molecule has 158 valence electrons. The lowest BCUT2D eigenvalue weighted by atomic mass is 10.2. The highest BCUT2D eigenvalue weighted by Crippen LogP contribution is 2.22. The molecule has 2 heterocycles. The topological polar surface area (TPSA) is 61.4 Å². The number of nitrogens with zero attached hydrogens (tertiary/aromatic N) is 4. The molecule has 0 aliphatic carbocycles. The van der Waals surface area contributed by atoms with Crippen molar-refractivity contribution in [2.45, 2.75) is 27.7 Å². The number of aromatic nitrogens is 3. The van der Waals surface area contributed by atoms with E-state index in [0.29, 0.717) is 23.3 Å². The Kier molecular flexibility index (Phi) is 5.78. The van der Waals surface area contributed by atoms with E-state index in [1.165, 1.54) is 4.68 Å². The SMILES string of the molecule is CCOc1ccc(-n2c(C)cc(C=Nn3c(C)nc4ccc(Br)cc4c3=O)c2C)cc1. The molecule has 0 amide bonds. The van der Waals surface area contributed by atoms with Crippen LogP contribution in [0.5, 0.6) is 5.75 Å². The van der Waals surface area contributed by atoms with Crippen molar-refractivity contribution in [3.8, 4) is 11.4 Å². The molecule has 0 bridgehead atoms. The van der Waals surface area contributed by atoms with E-state index in [0.717, 1.165) is 32.9 Å². The molecular formula is C24H23BrN4O2. The van der Waals surface area contributed by atoms with Crippen LogP contribution in [0.25, 0.3) is 16.6 Å². The molecule has 0 fully saturated rings. The third-order valence-electron chi connectivity index (χ3n) is 5.16. The third kappa shape index (κ3) is 4.05. The Hall–Kier alpha value is -3.19. The number of ether oxygens (including phenoxy) is 1. The van der Waals surface area contributed by atoms with E-state index in [9.17, 15) is 4.79 Å². The predicted molar refractivity (Wildman–Crippen MR) is 128 cm³/mol. The van der Waals surface area contributed by atoms with Gasteiger partial charge in [0.05, 0.1) is 23.7 Å². The van der Waals surface area contributed by atoms with Crippen molar-refractivity contribution in [2.75, 3.05) is 6.61 Å². The number of halogens is 1. The summed E-state index contributed by atoms with van der Waals surface area (Å²) in [7, 11) is 0. The minimum absolute atomic E-state index is 0.194. The van der Waals surface area contributed by atoms with Gasteiger partial charge in [0.1, 0.15) is 11.6 Å². The van der Waals surface area contributed by atoms with Crippen LogP contribution in [0.2, 0.25) is 0 Å². The average molecular weight is 479 g/mol. The summed E-state index contributed by atoms with van der Waals surface area (Å²) in [5, 5.41) is 5.00. The first-order valence-corrected chi connectivity index (χ1v) is 10.8. The summed E-state index contributed by atoms with van der Waals surface area (Å²) in [5.41, 5.74) is 4.56. The third-order valence-corrected chi connectivity index (χ3v) is 5.65. The van der Waals surface area contributed by atoms with Crippen LogP contribution in [0, 0.1) is 20.8 Å². The van der Waals surface area contributed by atoms with E-state index in [2.05, 4.69) is 36.6 Å². The Morgan fingerprint density at radius 1 is 1.10 bits per heavy atom. The van der Waals surface area contributed by atoms with E-state index in [4.69, 9.17) is 4.74 Å². The van der Waals surface area contributed by atoms with Crippen LogP contribution in [0.3, 0.4) is 0 Å². The monoisotopic (exact) mass is 478 g/mol. The zero-order chi connectivity index (χ0) is 22.1. The first kappa shape index (κ1) is 21.1. The quantitative estimate of drug-likeness (QED) is 0.372. The fourth-order valence-electron chi connectivity index (χ4n) is 3.69. The summed E-state index contributed by atoms with van der Waals surface area (Å²) in [6, 6.07) is 15.5. The Morgan fingerprint density at radius 2 is 1.84 bits per heavy atom. The van der Waals surface area contributed by atoms with Gasteiger partial charge in [0.15, 0.2) is 0 Å². The largest absolute Gasteiger partial charge is 0.494 e. The molecular weight excluding hydrogens is 456 g/mol. The van der Waals surface area contributed by atoms with Gasteiger partial charge in [0.25, 0.3) is 5.56 Å². The number of hydrogen-bond acceptors (Lipinski definition) is 4. The maximum absolute atomic E-state index is 13.0. The first-order chi connectivity index (χ1) is 14.9. The van der Waals surface area contributed by atoms with Gasteiger partial charge in [-0.2, -0.15) is 9.78 Å². The molecule has 4 aromatic rings. The fourth-order valence-corrected chi connectivity index (χ4v) is 4.05. The molecule has 0 unspecified atom stereocenters. The van der Waals surface area contributed by atoms with E-state index < -0.39 is 0 Å². The highest BCUT2D eigenvalue weighted by molar-refractivity contribution is 9.10. The van der Waals surface area contributed by atoms with Gasteiger partial charge < -0.3 is 9.30 Å². The van der Waals surface area contributed by atoms with Crippen molar-refractivity contribution in [3.05, 3.63) is 86.1 Å². The van der Waals surface area contributed by atoms with E-state index in [-0.39, 0.29) is 5.56 Å². The predicted octanol–water partition coefficient (Wildman–Crippen LogP) is 5.16. The summed E-state index contributed by atoms with van der Waals surface area (Å²) in [6.07, 6.45) is 1.72. The normalized spacial score (nSPS) is 11.5. The average Bonchev–Trinajstić information content (AvgIpc) is 3.03. The highest BCUT2D eigenvalue weighted by atomic mass is 79.9. The van der Waals surface area contributed by atoms with Gasteiger partial charge in [-0.25, -0.2) is 4.98 Å². The van der Waals surface area contributed by atoms with E-state index >= 15 is 0 Å². The zero-order valence-corrected chi connectivity index (χ0v) is 19.5. The Balaban J connectivity index is 1.72. The molecule has 0 atom stereocenters. The maximum Gasteiger partial charge on any atom is 0.282 e. The van der Waals surface area contributed by atoms with Crippen LogP contribution in [-0.2, 0) is 0 Å². The van der Waals surface area contributed by atoms with Gasteiger partial charge in [-0.3, -0.25) is 4.79 Å². The molecule has 2 aromatic heterocycles. The Labute approximate surface area is 188 Å². The van der Waals surface area contributed by atoms with Gasteiger partial charge in [-0.05, 0) is 76.2 Å². The smallest absolute Gasteiger partial charge is 0.282 e. The molecule has 0 saturated carbocycles. The lowest BCUT2D eigenvalue weighted by molar-refractivity contribution is 0.340. The molecule has 0 radical (unpaired) electrons. The number of aryl methyl sites for hydroxylation is 2. The molecule has 31 heavy (non-hydrogen) atoms. The second-order valence-electron chi connectivity index (χ2n) is 7.27. The molecule has 4 rings (SSSR count). The van der Waals surface area contributed by atoms with Crippen molar-refractivity contribution < 1.29 is 4.74 Å². The molecule has 2 aromatic carbocycles. The van der Waals surface area contributed by atoms with Crippen LogP contribution in [0.4, 0.5) is 0 Å². The number of hydrogen-bond donors (Lipinski definition) is 0. The summed E-state index contributed by atoms with van der Waals surface area (Å²) in [4.78, 5) is 17.5. The fraction of sp³-hybridized carbons (Fsp3) is 0.208. The second-order valence-corrected chi connectivity index (χ2v) is 8.19. The van der Waals surface area contributed by atoms with Crippen molar-refractivity contribution in [3.63, 3.8) is 0 Å². The number of fused-ring (bicyclic) bond motifs is 1. The van der Waals surface area contributed by atoms with Crippen LogP contribution >= 0.6 is 15.9 Å². The van der Waals surface area contributed by atoms with Gasteiger partial charge >= 0.3 is 0 Å². The summed E-state index contributed by atoms with van der Waals surface area (Å²) >= 11 is 3.42. The second kappa shape index (κ2) is 8.51. The molecule has 6 nitrogen and oxygen atoms in total. The summed E-state index contributed by atoms with van der Waals surface area (Å²) in [6.45, 7) is 8.48. The van der Waals surface area contributed by atoms with E-state index in [1.807, 2.05) is 57.2 Å². The zero-order valence-electron chi connectivity index (χ0n) is 17.9. The lowest BCUT2D eigenvalue weighted by Crippen LogP contribution is -2.20. The molecule has 7 heteroatoms. The molecule has 0 N–H and O–H groups in total. The van der Waals surface area contributed by atoms with Crippen molar-refractivity contribution in [2.24, 2.45) is 5.10 Å². The minimum atomic E-state index is -0.194. The lowest BCUT2D eigenvalue weighted by Gasteiger charge is -2.11. The highest BCUT2D eigenvalue weighted by Gasteiger charge is 2.11. The van der Waals surface area contributed by atoms with Gasteiger partial charge in [-0.1, -0.05) is 15.9 Å². The molecule has 0 aliphatic rings. The van der Waals surface area contributed by atoms with Crippen LogP contribution in [0.1, 0.15) is 29.7 Å².